The number of hydrogen-bond donors (Lipinski definition) is 1. The number of carboxylic acids is 1. The highest BCUT2D eigenvalue weighted by atomic mass is 35.5. The fourth-order valence-electron chi connectivity index (χ4n) is 2.23. The number of rotatable bonds is 4. The number of carbonyl (C=O) groups is 1. The number of aryl methyl sites for hydroxylation is 1. The molecule has 1 fully saturated rings. The van der Waals surface area contributed by atoms with Crippen molar-refractivity contribution in [3.05, 3.63) is 51.4 Å². The molecular weight excluding hydrogens is 310 g/mol. The van der Waals surface area contributed by atoms with E-state index in [1.807, 2.05) is 13.0 Å². The van der Waals surface area contributed by atoms with E-state index in [1.165, 1.54) is 0 Å². The quantitative estimate of drug-likeness (QED) is 0.681. The lowest BCUT2D eigenvalue weighted by molar-refractivity contribution is 0.0685. The number of aromatic carboxylic acids is 1. The molecule has 0 unspecified atom stereocenters. The molecule has 0 atom stereocenters. The van der Waals surface area contributed by atoms with Gasteiger partial charge < -0.3 is 9.63 Å². The number of carboxylic acid groups (broad SMARTS) is 1. The molecule has 1 saturated carbocycles. The molecule has 1 aromatic carbocycles. The first-order chi connectivity index (χ1) is 9.99. The second kappa shape index (κ2) is 5.24. The Labute approximate surface area is 131 Å². The van der Waals surface area contributed by atoms with E-state index in [-0.39, 0.29) is 11.6 Å². The molecule has 1 aromatic heterocycles. The third-order valence-corrected chi connectivity index (χ3v) is 4.20. The van der Waals surface area contributed by atoms with Gasteiger partial charge in [-0.05, 0) is 31.4 Å². The lowest BCUT2D eigenvalue weighted by Gasteiger charge is -2.07. The monoisotopic (exact) mass is 321 g/mol. The molecule has 2 aromatic rings. The second-order valence-corrected chi connectivity index (χ2v) is 5.98. The van der Waals surface area contributed by atoms with E-state index >= 15 is 0 Å². The Balaban J connectivity index is 2.12. The van der Waals surface area contributed by atoms with Crippen molar-refractivity contribution < 1.29 is 14.4 Å². The summed E-state index contributed by atoms with van der Waals surface area (Å²) in [4.78, 5) is 11.7. The van der Waals surface area contributed by atoms with Crippen LogP contribution in [-0.2, 0) is 0 Å². The third-order valence-electron chi connectivity index (χ3n) is 3.47. The normalized spacial score (nSPS) is 14.2. The number of halogens is 1. The van der Waals surface area contributed by atoms with Gasteiger partial charge in [-0.3, -0.25) is 0 Å². The maximum Gasteiger partial charge on any atom is 0.358 e. The summed E-state index contributed by atoms with van der Waals surface area (Å²) < 4.78 is 5.23. The maximum atomic E-state index is 11.3. The predicted molar refractivity (Wildman–Crippen MR) is 82.4 cm³/mol. The lowest BCUT2D eigenvalue weighted by Crippen LogP contribution is -2.10. The Hall–Kier alpha value is -1.72. The van der Waals surface area contributed by atoms with E-state index in [2.05, 4.69) is 5.16 Å². The van der Waals surface area contributed by atoms with Gasteiger partial charge in [0.05, 0.1) is 10.4 Å². The molecule has 0 saturated heterocycles. The van der Waals surface area contributed by atoms with Crippen molar-refractivity contribution in [1.29, 1.82) is 0 Å². The molecule has 3 rings (SSSR count). The molecule has 21 heavy (non-hydrogen) atoms. The summed E-state index contributed by atoms with van der Waals surface area (Å²) in [6.07, 6.45) is 1.93. The zero-order valence-corrected chi connectivity index (χ0v) is 12.8. The Morgan fingerprint density at radius 1 is 1.48 bits per heavy atom. The molecule has 0 aliphatic heterocycles. The molecule has 0 amide bonds. The SMILES string of the molecule is Cc1ccc(C(=S)c2c(C(=O)O)noc2C2CC2)c(Cl)c1. The van der Waals surface area contributed by atoms with E-state index in [4.69, 9.17) is 28.3 Å². The molecule has 1 heterocycles. The van der Waals surface area contributed by atoms with E-state index in [0.717, 1.165) is 18.4 Å². The van der Waals surface area contributed by atoms with Crippen molar-refractivity contribution in [2.24, 2.45) is 0 Å². The first kappa shape index (κ1) is 14.2. The summed E-state index contributed by atoms with van der Waals surface area (Å²) >= 11 is 11.7. The standard InChI is InChI=1S/C15H12ClNO3S/c1-7-2-5-9(10(16)6-7)14(21)11-12(15(18)19)17-20-13(11)8-3-4-8/h2,5-6,8H,3-4H2,1H3,(H,18,19). The summed E-state index contributed by atoms with van der Waals surface area (Å²) in [5.41, 5.74) is 1.90. The summed E-state index contributed by atoms with van der Waals surface area (Å²) in [5, 5.41) is 13.4. The summed E-state index contributed by atoms with van der Waals surface area (Å²) in [6.45, 7) is 1.93. The number of benzene rings is 1. The molecule has 4 nitrogen and oxygen atoms in total. The van der Waals surface area contributed by atoms with Gasteiger partial charge in [-0.2, -0.15) is 0 Å². The molecule has 0 spiro atoms. The van der Waals surface area contributed by atoms with E-state index in [9.17, 15) is 9.90 Å². The fourth-order valence-corrected chi connectivity index (χ4v) is 2.99. The Morgan fingerprint density at radius 3 is 2.76 bits per heavy atom. The van der Waals surface area contributed by atoms with Crippen LogP contribution in [0.1, 0.15) is 51.7 Å². The molecule has 1 aliphatic carbocycles. The van der Waals surface area contributed by atoms with Crippen LogP contribution < -0.4 is 0 Å². The average molecular weight is 322 g/mol. The zero-order valence-electron chi connectivity index (χ0n) is 11.2. The predicted octanol–water partition coefficient (Wildman–Crippen LogP) is 3.98. The van der Waals surface area contributed by atoms with Crippen molar-refractivity contribution in [3.8, 4) is 0 Å². The van der Waals surface area contributed by atoms with Crippen LogP contribution >= 0.6 is 23.8 Å². The van der Waals surface area contributed by atoms with Crippen molar-refractivity contribution in [3.63, 3.8) is 0 Å². The highest BCUT2D eigenvalue weighted by Crippen LogP contribution is 2.43. The highest BCUT2D eigenvalue weighted by molar-refractivity contribution is 7.81. The van der Waals surface area contributed by atoms with Crippen LogP contribution in [0.5, 0.6) is 0 Å². The van der Waals surface area contributed by atoms with E-state index in [1.54, 1.807) is 12.1 Å². The minimum atomic E-state index is -1.15. The van der Waals surface area contributed by atoms with Gasteiger partial charge in [0.1, 0.15) is 5.76 Å². The Kier molecular flexibility index (Phi) is 3.55. The number of aromatic nitrogens is 1. The Bertz CT molecular complexity index is 749. The lowest BCUT2D eigenvalue weighted by atomic mass is 10.00. The van der Waals surface area contributed by atoms with Gasteiger partial charge in [-0.1, -0.05) is 41.1 Å². The van der Waals surface area contributed by atoms with Gasteiger partial charge >= 0.3 is 5.97 Å². The number of thiocarbonyl (C=S) groups is 1. The van der Waals surface area contributed by atoms with Crippen molar-refractivity contribution in [2.75, 3.05) is 0 Å². The van der Waals surface area contributed by atoms with Gasteiger partial charge in [0.15, 0.2) is 5.69 Å². The van der Waals surface area contributed by atoms with Gasteiger partial charge in [-0.25, -0.2) is 4.79 Å². The van der Waals surface area contributed by atoms with E-state index < -0.39 is 5.97 Å². The van der Waals surface area contributed by atoms with Gasteiger partial charge in [-0.15, -0.1) is 0 Å². The number of nitrogens with zero attached hydrogens (tertiary/aromatic N) is 1. The minimum Gasteiger partial charge on any atom is -0.476 e. The van der Waals surface area contributed by atoms with Gasteiger partial charge in [0.2, 0.25) is 0 Å². The van der Waals surface area contributed by atoms with Crippen LogP contribution in [0.25, 0.3) is 0 Å². The topological polar surface area (TPSA) is 63.3 Å². The molecule has 6 heteroatoms. The van der Waals surface area contributed by atoms with Gasteiger partial charge in [0.25, 0.3) is 0 Å². The smallest absolute Gasteiger partial charge is 0.358 e. The van der Waals surface area contributed by atoms with Crippen LogP contribution in [0, 0.1) is 6.92 Å². The first-order valence-corrected chi connectivity index (χ1v) is 7.31. The molecule has 108 valence electrons. The average Bonchev–Trinajstić information content (AvgIpc) is 3.16. The van der Waals surface area contributed by atoms with Crippen LogP contribution in [0.15, 0.2) is 22.7 Å². The fraction of sp³-hybridized carbons (Fsp3) is 0.267. The van der Waals surface area contributed by atoms with Crippen LogP contribution in [-0.4, -0.2) is 21.1 Å². The molecule has 1 N–H and O–H groups in total. The summed E-state index contributed by atoms with van der Waals surface area (Å²) in [6, 6.07) is 5.49. The highest BCUT2D eigenvalue weighted by Gasteiger charge is 2.35. The summed E-state index contributed by atoms with van der Waals surface area (Å²) in [7, 11) is 0. The molecule has 1 aliphatic rings. The number of hydrogen-bond acceptors (Lipinski definition) is 4. The summed E-state index contributed by atoms with van der Waals surface area (Å²) in [5.74, 6) is -0.372. The zero-order chi connectivity index (χ0) is 15.1. The van der Waals surface area contributed by atoms with Crippen LogP contribution in [0.2, 0.25) is 5.02 Å². The van der Waals surface area contributed by atoms with Crippen LogP contribution in [0.3, 0.4) is 0 Å². The maximum absolute atomic E-state index is 11.3. The van der Waals surface area contributed by atoms with E-state index in [0.29, 0.717) is 26.8 Å². The third kappa shape index (κ3) is 2.59. The van der Waals surface area contributed by atoms with Crippen LogP contribution in [0.4, 0.5) is 0 Å². The minimum absolute atomic E-state index is 0.140. The van der Waals surface area contributed by atoms with Crippen molar-refractivity contribution >= 4 is 34.7 Å². The van der Waals surface area contributed by atoms with Crippen molar-refractivity contribution in [1.82, 2.24) is 5.16 Å². The molecular formula is C15H12ClNO3S. The first-order valence-electron chi connectivity index (χ1n) is 6.52. The molecule has 0 radical (unpaired) electrons. The molecule has 0 bridgehead atoms. The second-order valence-electron chi connectivity index (χ2n) is 5.16. The Morgan fingerprint density at radius 2 is 2.19 bits per heavy atom. The largest absolute Gasteiger partial charge is 0.476 e. The van der Waals surface area contributed by atoms with Gasteiger partial charge in [0, 0.05) is 16.5 Å². The van der Waals surface area contributed by atoms with Crippen molar-refractivity contribution in [2.45, 2.75) is 25.7 Å².